The van der Waals surface area contributed by atoms with Crippen molar-refractivity contribution in [3.05, 3.63) is 75.4 Å². The second-order valence-electron chi connectivity index (χ2n) is 6.54. The lowest BCUT2D eigenvalue weighted by Crippen LogP contribution is -2.31. The number of aromatic nitrogens is 7. The fourth-order valence-electron chi connectivity index (χ4n) is 3.48. The summed E-state index contributed by atoms with van der Waals surface area (Å²) in [6, 6.07) is 9.19. The summed E-state index contributed by atoms with van der Waals surface area (Å²) in [6.45, 7) is 2.08. The van der Waals surface area contributed by atoms with Crippen molar-refractivity contribution in [2.24, 2.45) is 0 Å². The summed E-state index contributed by atoms with van der Waals surface area (Å²) < 4.78 is 5.61. The topological polar surface area (TPSA) is 109 Å². The van der Waals surface area contributed by atoms with E-state index in [1.165, 1.54) is 11.0 Å². The van der Waals surface area contributed by atoms with Crippen molar-refractivity contribution >= 4 is 43.7 Å². The third kappa shape index (κ3) is 2.71. The number of hydrogen-bond acceptors (Lipinski definition) is 6. The summed E-state index contributed by atoms with van der Waals surface area (Å²) in [5, 5.41) is 5.77. The van der Waals surface area contributed by atoms with Crippen LogP contribution in [0, 0.1) is 6.92 Å². The molecule has 2 N–H and O–H groups in total. The molecule has 5 aromatic rings. The average Bonchev–Trinajstić information content (AvgIpc) is 3.31. The Bertz CT molecular complexity index is 1430. The Balaban J connectivity index is 1.79. The summed E-state index contributed by atoms with van der Waals surface area (Å²) in [5.74, 6) is 0.885. The molecule has 0 aliphatic rings. The van der Waals surface area contributed by atoms with E-state index in [0.717, 1.165) is 5.69 Å². The number of fused-ring (bicyclic) bond motifs is 2. The van der Waals surface area contributed by atoms with Crippen LogP contribution in [0.4, 0.5) is 5.82 Å². The Hall–Kier alpha value is -3.53. The first kappa shape index (κ1) is 17.6. The van der Waals surface area contributed by atoms with Crippen molar-refractivity contribution in [3.63, 3.8) is 0 Å². The quantitative estimate of drug-likeness (QED) is 0.451. The lowest BCUT2D eigenvalue weighted by atomic mass is 10.2. The molecule has 0 radical (unpaired) electrons. The zero-order chi connectivity index (χ0) is 20.1. The molecule has 29 heavy (non-hydrogen) atoms. The van der Waals surface area contributed by atoms with E-state index in [4.69, 9.17) is 10.7 Å². The number of halogens is 1. The van der Waals surface area contributed by atoms with Gasteiger partial charge in [-0.25, -0.2) is 19.6 Å². The van der Waals surface area contributed by atoms with E-state index in [2.05, 4.69) is 31.0 Å². The molecule has 0 saturated heterocycles. The Morgan fingerprint density at radius 2 is 1.90 bits per heavy atom. The van der Waals surface area contributed by atoms with Crippen LogP contribution in [-0.4, -0.2) is 34.1 Å². The Kier molecular flexibility index (Phi) is 3.95. The van der Waals surface area contributed by atoms with Gasteiger partial charge in [-0.1, -0.05) is 6.07 Å². The van der Waals surface area contributed by atoms with E-state index in [9.17, 15) is 4.79 Å². The minimum absolute atomic E-state index is 0.184. The van der Waals surface area contributed by atoms with Gasteiger partial charge in [-0.3, -0.25) is 9.47 Å². The van der Waals surface area contributed by atoms with Gasteiger partial charge in [0.1, 0.15) is 18.7 Å². The van der Waals surface area contributed by atoms with E-state index >= 15 is 0 Å². The van der Waals surface area contributed by atoms with Crippen LogP contribution >= 0.6 is 15.9 Å². The molecule has 0 bridgehead atoms. The van der Waals surface area contributed by atoms with Gasteiger partial charge < -0.3 is 5.73 Å². The number of nitrogens with two attached hydrogens (primary N) is 1. The van der Waals surface area contributed by atoms with E-state index in [-0.39, 0.29) is 12.1 Å². The lowest BCUT2D eigenvalue weighted by molar-refractivity contribution is 0.546. The molecule has 9 nitrogen and oxygen atoms in total. The molecule has 4 heterocycles. The molecular weight excluding hydrogens is 436 g/mol. The van der Waals surface area contributed by atoms with Gasteiger partial charge in [0.05, 0.1) is 22.0 Å². The van der Waals surface area contributed by atoms with E-state index < -0.39 is 0 Å². The standard InChI is InChI=1S/C19H15BrN8O/c1-11-15-17(21)22-10-23-18(15)27(25-11)9-14-24-13-6-4-5-12(20)16(13)19(29)28(14)26-7-2-3-8-26/h2-8,10H,9H2,1H3,(H2,21,22,23). The van der Waals surface area contributed by atoms with Crippen LogP contribution in [0.15, 0.2) is 58.3 Å². The van der Waals surface area contributed by atoms with Gasteiger partial charge in [-0.2, -0.15) is 9.77 Å². The second kappa shape index (κ2) is 6.52. The minimum atomic E-state index is -0.184. The Morgan fingerprint density at radius 3 is 2.69 bits per heavy atom. The zero-order valence-corrected chi connectivity index (χ0v) is 16.9. The number of nitrogens with zero attached hydrogens (tertiary/aromatic N) is 7. The molecule has 0 atom stereocenters. The van der Waals surface area contributed by atoms with Crippen molar-refractivity contribution in [2.75, 3.05) is 5.73 Å². The summed E-state index contributed by atoms with van der Waals surface area (Å²) in [4.78, 5) is 26.5. The van der Waals surface area contributed by atoms with Crippen LogP contribution in [0.1, 0.15) is 11.5 Å². The normalized spacial score (nSPS) is 11.5. The van der Waals surface area contributed by atoms with Crippen LogP contribution < -0.4 is 11.3 Å². The Labute approximate surface area is 172 Å². The monoisotopic (exact) mass is 450 g/mol. The first-order chi connectivity index (χ1) is 14.0. The summed E-state index contributed by atoms with van der Waals surface area (Å²) in [6.07, 6.45) is 4.99. The van der Waals surface area contributed by atoms with Crippen LogP contribution in [0.5, 0.6) is 0 Å². The average molecular weight is 451 g/mol. The van der Waals surface area contributed by atoms with Crippen LogP contribution in [0.3, 0.4) is 0 Å². The first-order valence-corrected chi connectivity index (χ1v) is 9.61. The number of nitrogen functional groups attached to an aromatic ring is 1. The molecule has 144 valence electrons. The van der Waals surface area contributed by atoms with Gasteiger partial charge >= 0.3 is 0 Å². The maximum absolute atomic E-state index is 13.4. The van der Waals surface area contributed by atoms with Gasteiger partial charge in [-0.05, 0) is 47.1 Å². The SMILES string of the molecule is Cc1nn(Cc2nc3cccc(Br)c3c(=O)n2-n2cccc2)c2ncnc(N)c12. The molecule has 0 aliphatic carbocycles. The molecule has 4 aromatic heterocycles. The molecule has 0 spiro atoms. The van der Waals surface area contributed by atoms with Crippen LogP contribution in [0.25, 0.3) is 21.9 Å². The molecule has 0 amide bonds. The number of aryl methyl sites for hydroxylation is 1. The van der Waals surface area contributed by atoms with Crippen molar-refractivity contribution < 1.29 is 0 Å². The van der Waals surface area contributed by atoms with Crippen LogP contribution in [-0.2, 0) is 6.54 Å². The van der Waals surface area contributed by atoms with Crippen molar-refractivity contribution in [1.82, 2.24) is 34.1 Å². The molecule has 1 aromatic carbocycles. The lowest BCUT2D eigenvalue weighted by Gasteiger charge is -2.15. The molecule has 0 unspecified atom stereocenters. The summed E-state index contributed by atoms with van der Waals surface area (Å²) in [7, 11) is 0. The van der Waals surface area contributed by atoms with E-state index in [1.807, 2.05) is 37.3 Å². The smallest absolute Gasteiger partial charge is 0.281 e. The van der Waals surface area contributed by atoms with Gasteiger partial charge in [0, 0.05) is 16.9 Å². The fourth-order valence-corrected chi connectivity index (χ4v) is 4.01. The van der Waals surface area contributed by atoms with Gasteiger partial charge in [0.2, 0.25) is 0 Å². The van der Waals surface area contributed by atoms with Crippen molar-refractivity contribution in [3.8, 4) is 0 Å². The third-order valence-electron chi connectivity index (χ3n) is 4.74. The summed E-state index contributed by atoms with van der Waals surface area (Å²) in [5.41, 5.74) is 7.73. The highest BCUT2D eigenvalue weighted by molar-refractivity contribution is 9.10. The zero-order valence-electron chi connectivity index (χ0n) is 15.3. The number of hydrogen-bond donors (Lipinski definition) is 1. The predicted molar refractivity (Wildman–Crippen MR) is 113 cm³/mol. The maximum atomic E-state index is 13.4. The molecule has 0 saturated carbocycles. The highest BCUT2D eigenvalue weighted by Crippen LogP contribution is 2.22. The van der Waals surface area contributed by atoms with Crippen LogP contribution in [0.2, 0.25) is 0 Å². The number of anilines is 1. The Morgan fingerprint density at radius 1 is 1.10 bits per heavy atom. The number of benzene rings is 1. The van der Waals surface area contributed by atoms with Gasteiger partial charge in [0.25, 0.3) is 5.56 Å². The molecular formula is C19H15BrN8O. The minimum Gasteiger partial charge on any atom is -0.383 e. The van der Waals surface area contributed by atoms with Gasteiger partial charge in [-0.15, -0.1) is 0 Å². The highest BCUT2D eigenvalue weighted by Gasteiger charge is 2.18. The van der Waals surface area contributed by atoms with Crippen molar-refractivity contribution in [2.45, 2.75) is 13.5 Å². The van der Waals surface area contributed by atoms with Gasteiger partial charge in [0.15, 0.2) is 11.5 Å². The summed E-state index contributed by atoms with van der Waals surface area (Å²) >= 11 is 3.47. The first-order valence-electron chi connectivity index (χ1n) is 8.82. The molecule has 0 fully saturated rings. The predicted octanol–water partition coefficient (Wildman–Crippen LogP) is 2.35. The largest absolute Gasteiger partial charge is 0.383 e. The molecule has 10 heteroatoms. The maximum Gasteiger partial charge on any atom is 0.281 e. The third-order valence-corrected chi connectivity index (χ3v) is 5.40. The molecule has 0 aliphatic heterocycles. The van der Waals surface area contributed by atoms with E-state index in [0.29, 0.717) is 38.1 Å². The highest BCUT2D eigenvalue weighted by atomic mass is 79.9. The molecule has 5 rings (SSSR count). The second-order valence-corrected chi connectivity index (χ2v) is 7.40. The number of rotatable bonds is 3. The fraction of sp³-hybridized carbons (Fsp3) is 0.105. The van der Waals surface area contributed by atoms with Crippen molar-refractivity contribution in [1.29, 1.82) is 0 Å². The van der Waals surface area contributed by atoms with E-state index in [1.54, 1.807) is 21.8 Å².